The average Bonchev–Trinajstić information content (AvgIpc) is 2.42. The van der Waals surface area contributed by atoms with Gasteiger partial charge in [-0.05, 0) is 13.3 Å². The molecule has 0 N–H and O–H groups in total. The second-order valence-corrected chi connectivity index (χ2v) is 11.9. The molecule has 0 spiro atoms. The van der Waals surface area contributed by atoms with Crippen molar-refractivity contribution in [3.63, 3.8) is 0 Å². The molecular weight excluding hydrogens is 264 g/mol. The molecule has 0 saturated heterocycles. The van der Waals surface area contributed by atoms with Gasteiger partial charge in [-0.3, -0.25) is 0 Å². The summed E-state index contributed by atoms with van der Waals surface area (Å²) < 4.78 is 0. The number of rotatable bonds is 7. The summed E-state index contributed by atoms with van der Waals surface area (Å²) >= 11 is 0. The molecule has 1 rings (SSSR count). The molecule has 4 heteroatoms. The third-order valence-corrected chi connectivity index (χ3v) is 5.03. The molecule has 0 aliphatic carbocycles. The lowest BCUT2D eigenvalue weighted by atomic mass is 10.2. The molecule has 0 unspecified atom stereocenters. The predicted molar refractivity (Wildman–Crippen MR) is 90.0 cm³/mol. The molecule has 0 saturated carbocycles. The highest BCUT2D eigenvalue weighted by Crippen LogP contribution is 2.11. The second-order valence-electron chi connectivity index (χ2n) is 6.29. The molecule has 0 atom stereocenters. The van der Waals surface area contributed by atoms with Gasteiger partial charge in [-0.2, -0.15) is 0 Å². The zero-order chi connectivity index (χ0) is 15.0. The molecule has 1 aromatic carbocycles. The van der Waals surface area contributed by atoms with Crippen molar-refractivity contribution in [2.24, 2.45) is 5.16 Å². The first kappa shape index (κ1) is 16.8. The van der Waals surface area contributed by atoms with Crippen molar-refractivity contribution in [2.75, 3.05) is 20.2 Å². The minimum absolute atomic E-state index is 0.707. The monoisotopic (exact) mass is 292 g/mol. The first-order valence-corrected chi connectivity index (χ1v) is 11.1. The predicted octanol–water partition coefficient (Wildman–Crippen LogP) is 4.04. The van der Waals surface area contributed by atoms with E-state index in [9.17, 15) is 0 Å². The van der Waals surface area contributed by atoms with Gasteiger partial charge in [0.15, 0.2) is 5.84 Å². The Bertz CT molecular complexity index is 412. The lowest BCUT2D eigenvalue weighted by Crippen LogP contribution is -2.27. The van der Waals surface area contributed by atoms with E-state index < -0.39 is 8.07 Å². The maximum atomic E-state index is 5.54. The van der Waals surface area contributed by atoms with Crippen molar-refractivity contribution >= 4 is 13.9 Å². The highest BCUT2D eigenvalue weighted by molar-refractivity contribution is 6.76. The van der Waals surface area contributed by atoms with Gasteiger partial charge >= 0.3 is 0 Å². The van der Waals surface area contributed by atoms with E-state index >= 15 is 0 Å². The van der Waals surface area contributed by atoms with Crippen LogP contribution in [0.4, 0.5) is 0 Å². The fraction of sp³-hybridized carbons (Fsp3) is 0.562. The largest absolute Gasteiger partial charge is 0.394 e. The zero-order valence-corrected chi connectivity index (χ0v) is 14.5. The van der Waals surface area contributed by atoms with Gasteiger partial charge in [-0.25, -0.2) is 0 Å². The maximum Gasteiger partial charge on any atom is 0.175 e. The Hall–Kier alpha value is -1.29. The van der Waals surface area contributed by atoms with Gasteiger partial charge in [-0.15, -0.1) is 0 Å². The molecule has 0 fully saturated rings. The van der Waals surface area contributed by atoms with Gasteiger partial charge in [0.25, 0.3) is 0 Å². The minimum Gasteiger partial charge on any atom is -0.394 e. The molecule has 0 radical (unpaired) electrons. The lowest BCUT2D eigenvalue weighted by molar-refractivity contribution is 0.141. The summed E-state index contributed by atoms with van der Waals surface area (Å²) in [5, 5.41) is 4.34. The van der Waals surface area contributed by atoms with Crippen molar-refractivity contribution < 1.29 is 4.84 Å². The number of oxime groups is 1. The number of hydrogen-bond acceptors (Lipinski definition) is 2. The van der Waals surface area contributed by atoms with Crippen LogP contribution in [-0.2, 0) is 4.84 Å². The summed E-state index contributed by atoms with van der Waals surface area (Å²) in [4.78, 5) is 7.64. The highest BCUT2D eigenvalue weighted by Gasteiger charge is 2.12. The number of amidine groups is 1. The topological polar surface area (TPSA) is 24.8 Å². The molecule has 0 aliphatic heterocycles. The SMILES string of the molecule is CCN(C)C(=NOCCC[Si](C)(C)C)c1ccccc1. The van der Waals surface area contributed by atoms with Crippen LogP contribution >= 0.6 is 0 Å². The normalized spacial score (nSPS) is 12.3. The minimum atomic E-state index is -0.966. The third kappa shape index (κ3) is 6.24. The van der Waals surface area contributed by atoms with Crippen LogP contribution in [0.3, 0.4) is 0 Å². The van der Waals surface area contributed by atoms with Crippen LogP contribution in [0.1, 0.15) is 18.9 Å². The van der Waals surface area contributed by atoms with Crippen molar-refractivity contribution in [1.82, 2.24) is 4.90 Å². The van der Waals surface area contributed by atoms with Gasteiger partial charge in [0.1, 0.15) is 6.61 Å². The summed E-state index contributed by atoms with van der Waals surface area (Å²) in [6.07, 6.45) is 1.09. The van der Waals surface area contributed by atoms with E-state index in [2.05, 4.69) is 48.8 Å². The molecule has 0 aromatic heterocycles. The van der Waals surface area contributed by atoms with Crippen LogP contribution in [0.2, 0.25) is 25.7 Å². The molecule has 112 valence electrons. The molecular formula is C16H28N2OSi. The van der Waals surface area contributed by atoms with Crippen LogP contribution in [0.5, 0.6) is 0 Å². The van der Waals surface area contributed by atoms with Crippen LogP contribution in [0.25, 0.3) is 0 Å². The van der Waals surface area contributed by atoms with Gasteiger partial charge in [0.2, 0.25) is 0 Å². The molecule has 0 amide bonds. The summed E-state index contributed by atoms with van der Waals surface area (Å²) in [6, 6.07) is 11.5. The number of hydrogen-bond donors (Lipinski definition) is 0. The Kier molecular flexibility index (Phi) is 6.79. The fourth-order valence-corrected chi connectivity index (χ4v) is 3.06. The molecule has 1 aromatic rings. The van der Waals surface area contributed by atoms with E-state index in [1.54, 1.807) is 0 Å². The summed E-state index contributed by atoms with van der Waals surface area (Å²) in [6.45, 7) is 10.9. The highest BCUT2D eigenvalue weighted by atomic mass is 28.3. The Morgan fingerprint density at radius 3 is 2.40 bits per heavy atom. The van der Waals surface area contributed by atoms with E-state index in [4.69, 9.17) is 4.84 Å². The van der Waals surface area contributed by atoms with Crippen molar-refractivity contribution in [3.05, 3.63) is 35.9 Å². The summed E-state index contributed by atoms with van der Waals surface area (Å²) in [5.74, 6) is 0.904. The van der Waals surface area contributed by atoms with E-state index in [1.165, 1.54) is 6.04 Å². The van der Waals surface area contributed by atoms with E-state index in [0.29, 0.717) is 6.61 Å². The summed E-state index contributed by atoms with van der Waals surface area (Å²) in [5.41, 5.74) is 1.10. The molecule has 0 aliphatic rings. The molecule has 3 nitrogen and oxygen atoms in total. The number of benzene rings is 1. The van der Waals surface area contributed by atoms with Crippen molar-refractivity contribution in [2.45, 2.75) is 39.0 Å². The van der Waals surface area contributed by atoms with Crippen LogP contribution < -0.4 is 0 Å². The van der Waals surface area contributed by atoms with E-state index in [1.807, 2.05) is 25.2 Å². The lowest BCUT2D eigenvalue weighted by Gasteiger charge is -2.19. The quantitative estimate of drug-likeness (QED) is 0.249. The molecule has 0 bridgehead atoms. The Morgan fingerprint density at radius 1 is 1.20 bits per heavy atom. The number of nitrogens with zero attached hydrogens (tertiary/aromatic N) is 2. The van der Waals surface area contributed by atoms with Gasteiger partial charge in [-0.1, -0.05) is 61.2 Å². The van der Waals surface area contributed by atoms with E-state index in [0.717, 1.165) is 24.4 Å². The standard InChI is InChI=1S/C16H28N2OSi/c1-6-18(2)16(15-11-8-7-9-12-15)17-19-13-10-14-20(3,4)5/h7-9,11-12H,6,10,13-14H2,1-5H3. The van der Waals surface area contributed by atoms with Gasteiger partial charge < -0.3 is 9.74 Å². The Morgan fingerprint density at radius 2 is 1.85 bits per heavy atom. The summed E-state index contributed by atoms with van der Waals surface area (Å²) in [7, 11) is 1.07. The zero-order valence-electron chi connectivity index (χ0n) is 13.5. The Labute approximate surface area is 124 Å². The fourth-order valence-electron chi connectivity index (χ4n) is 1.85. The van der Waals surface area contributed by atoms with Crippen molar-refractivity contribution in [3.8, 4) is 0 Å². The van der Waals surface area contributed by atoms with E-state index in [-0.39, 0.29) is 0 Å². The average molecular weight is 292 g/mol. The van der Waals surface area contributed by atoms with Crippen LogP contribution in [0, 0.1) is 0 Å². The van der Waals surface area contributed by atoms with Crippen LogP contribution in [-0.4, -0.2) is 39.0 Å². The molecule has 20 heavy (non-hydrogen) atoms. The maximum absolute atomic E-state index is 5.54. The van der Waals surface area contributed by atoms with Gasteiger partial charge in [0, 0.05) is 27.2 Å². The first-order chi connectivity index (χ1) is 9.44. The van der Waals surface area contributed by atoms with Crippen LogP contribution in [0.15, 0.2) is 35.5 Å². The smallest absolute Gasteiger partial charge is 0.175 e. The first-order valence-electron chi connectivity index (χ1n) is 7.40. The third-order valence-electron chi connectivity index (χ3n) is 3.18. The van der Waals surface area contributed by atoms with Crippen molar-refractivity contribution in [1.29, 1.82) is 0 Å². The second kappa shape index (κ2) is 8.10. The van der Waals surface area contributed by atoms with Gasteiger partial charge in [0.05, 0.1) is 0 Å². The Balaban J connectivity index is 2.59. The molecule has 0 heterocycles.